The summed E-state index contributed by atoms with van der Waals surface area (Å²) in [6, 6.07) is 6.39. The standard InChI is InChI=1S/C18H28N6S/c1-19-18(21-12-16-7-8-22-23(16)2)20-11-15-5-3-9-24(13-15)14-17-6-4-10-25-17/h4,6-8,10,15H,3,5,9,11-14H2,1-2H3,(H2,19,20,21). The molecule has 0 saturated carbocycles. The van der Waals surface area contributed by atoms with E-state index in [4.69, 9.17) is 0 Å². The molecule has 3 rings (SSSR count). The van der Waals surface area contributed by atoms with E-state index in [2.05, 4.69) is 43.1 Å². The van der Waals surface area contributed by atoms with E-state index in [1.54, 1.807) is 0 Å². The van der Waals surface area contributed by atoms with Crippen LogP contribution in [0.4, 0.5) is 0 Å². The molecule has 6 nitrogen and oxygen atoms in total. The smallest absolute Gasteiger partial charge is 0.191 e. The van der Waals surface area contributed by atoms with Gasteiger partial charge in [0.25, 0.3) is 0 Å². The maximum atomic E-state index is 4.33. The summed E-state index contributed by atoms with van der Waals surface area (Å²) in [4.78, 5) is 8.37. The van der Waals surface area contributed by atoms with Crippen LogP contribution in [0.3, 0.4) is 0 Å². The summed E-state index contributed by atoms with van der Waals surface area (Å²) in [6.07, 6.45) is 4.38. The van der Waals surface area contributed by atoms with Crippen molar-refractivity contribution in [1.29, 1.82) is 0 Å². The Hall–Kier alpha value is -1.86. The molecular formula is C18H28N6S. The van der Waals surface area contributed by atoms with Crippen LogP contribution in [0, 0.1) is 5.92 Å². The van der Waals surface area contributed by atoms with Crippen molar-refractivity contribution in [3.63, 3.8) is 0 Å². The lowest BCUT2D eigenvalue weighted by atomic mass is 9.98. The van der Waals surface area contributed by atoms with E-state index in [0.717, 1.165) is 37.8 Å². The van der Waals surface area contributed by atoms with Gasteiger partial charge in [-0.2, -0.15) is 5.10 Å². The van der Waals surface area contributed by atoms with Crippen molar-refractivity contribution in [2.75, 3.05) is 26.7 Å². The molecule has 1 saturated heterocycles. The van der Waals surface area contributed by atoms with Crippen LogP contribution in [0.5, 0.6) is 0 Å². The van der Waals surface area contributed by atoms with Gasteiger partial charge < -0.3 is 10.6 Å². The number of hydrogen-bond acceptors (Lipinski definition) is 4. The lowest BCUT2D eigenvalue weighted by Crippen LogP contribution is -2.44. The van der Waals surface area contributed by atoms with Gasteiger partial charge in [0.1, 0.15) is 0 Å². The van der Waals surface area contributed by atoms with Crippen LogP contribution in [-0.2, 0) is 20.1 Å². The largest absolute Gasteiger partial charge is 0.356 e. The molecule has 1 aliphatic heterocycles. The molecule has 2 aromatic rings. The van der Waals surface area contributed by atoms with Crippen molar-refractivity contribution in [3.05, 3.63) is 40.3 Å². The van der Waals surface area contributed by atoms with Crippen molar-refractivity contribution in [2.24, 2.45) is 18.0 Å². The van der Waals surface area contributed by atoms with Crippen LogP contribution in [0.15, 0.2) is 34.8 Å². The van der Waals surface area contributed by atoms with Crippen molar-refractivity contribution in [1.82, 2.24) is 25.3 Å². The van der Waals surface area contributed by atoms with Gasteiger partial charge in [0.05, 0.1) is 12.2 Å². The number of piperidine rings is 1. The highest BCUT2D eigenvalue weighted by atomic mass is 32.1. The Morgan fingerprint density at radius 3 is 3.04 bits per heavy atom. The molecule has 7 heteroatoms. The van der Waals surface area contributed by atoms with E-state index in [9.17, 15) is 0 Å². The highest BCUT2D eigenvalue weighted by Crippen LogP contribution is 2.19. The number of thiophene rings is 1. The van der Waals surface area contributed by atoms with E-state index in [0.29, 0.717) is 5.92 Å². The first-order valence-corrected chi connectivity index (χ1v) is 9.78. The number of nitrogens with zero attached hydrogens (tertiary/aromatic N) is 4. The van der Waals surface area contributed by atoms with Gasteiger partial charge in [-0.15, -0.1) is 11.3 Å². The van der Waals surface area contributed by atoms with Gasteiger partial charge in [0.15, 0.2) is 5.96 Å². The molecule has 1 aliphatic rings. The summed E-state index contributed by atoms with van der Waals surface area (Å²) >= 11 is 1.85. The van der Waals surface area contributed by atoms with Crippen molar-refractivity contribution >= 4 is 17.3 Å². The van der Waals surface area contributed by atoms with Crippen LogP contribution in [0.25, 0.3) is 0 Å². The molecule has 2 N–H and O–H groups in total. The minimum Gasteiger partial charge on any atom is -0.356 e. The second-order valence-corrected chi connectivity index (χ2v) is 7.61. The molecule has 25 heavy (non-hydrogen) atoms. The molecule has 1 atom stereocenters. The lowest BCUT2D eigenvalue weighted by molar-refractivity contribution is 0.169. The molecule has 2 aromatic heterocycles. The third kappa shape index (κ3) is 5.31. The van der Waals surface area contributed by atoms with E-state index in [1.807, 2.05) is 42.4 Å². The van der Waals surface area contributed by atoms with E-state index in [-0.39, 0.29) is 0 Å². The van der Waals surface area contributed by atoms with Crippen molar-refractivity contribution in [3.8, 4) is 0 Å². The molecule has 1 fully saturated rings. The molecule has 3 heterocycles. The van der Waals surface area contributed by atoms with Crippen molar-refractivity contribution in [2.45, 2.75) is 25.9 Å². The number of rotatable bonds is 6. The number of guanidine groups is 1. The molecule has 0 amide bonds. The quantitative estimate of drug-likeness (QED) is 0.612. The molecule has 1 unspecified atom stereocenters. The summed E-state index contributed by atoms with van der Waals surface area (Å²) in [5.74, 6) is 1.53. The monoisotopic (exact) mass is 360 g/mol. The highest BCUT2D eigenvalue weighted by molar-refractivity contribution is 7.09. The number of hydrogen-bond donors (Lipinski definition) is 2. The Kier molecular flexibility index (Phi) is 6.47. The highest BCUT2D eigenvalue weighted by Gasteiger charge is 2.20. The minimum atomic E-state index is 0.670. The van der Waals surface area contributed by atoms with Gasteiger partial charge >= 0.3 is 0 Å². The topological polar surface area (TPSA) is 57.5 Å². The maximum Gasteiger partial charge on any atom is 0.191 e. The first-order valence-electron chi connectivity index (χ1n) is 8.90. The Morgan fingerprint density at radius 2 is 2.32 bits per heavy atom. The molecule has 0 spiro atoms. The summed E-state index contributed by atoms with van der Waals surface area (Å²) in [6.45, 7) is 5.14. The molecule has 0 aliphatic carbocycles. The molecular weight excluding hydrogens is 332 g/mol. The van der Waals surface area contributed by atoms with Gasteiger partial charge in [0.2, 0.25) is 0 Å². The first-order chi connectivity index (χ1) is 12.2. The fourth-order valence-electron chi connectivity index (χ4n) is 3.30. The van der Waals surface area contributed by atoms with Crippen LogP contribution < -0.4 is 10.6 Å². The fourth-order valence-corrected chi connectivity index (χ4v) is 4.04. The number of aryl methyl sites for hydroxylation is 1. The van der Waals surface area contributed by atoms with Crippen LogP contribution in [0.1, 0.15) is 23.4 Å². The Labute approximate surface area is 153 Å². The van der Waals surface area contributed by atoms with E-state index in [1.165, 1.54) is 24.3 Å². The predicted octanol–water partition coefficient (Wildman–Crippen LogP) is 2.06. The van der Waals surface area contributed by atoms with E-state index < -0.39 is 0 Å². The van der Waals surface area contributed by atoms with Crippen LogP contribution in [0.2, 0.25) is 0 Å². The van der Waals surface area contributed by atoms with Gasteiger partial charge in [-0.1, -0.05) is 6.07 Å². The summed E-state index contributed by atoms with van der Waals surface area (Å²) in [5, 5.41) is 13.2. The predicted molar refractivity (Wildman–Crippen MR) is 104 cm³/mol. The summed E-state index contributed by atoms with van der Waals surface area (Å²) in [7, 11) is 3.78. The minimum absolute atomic E-state index is 0.670. The zero-order valence-corrected chi connectivity index (χ0v) is 15.9. The third-order valence-corrected chi connectivity index (χ3v) is 5.57. The molecule has 136 valence electrons. The zero-order chi connectivity index (χ0) is 17.5. The number of aliphatic imine (C=N–C) groups is 1. The van der Waals surface area contributed by atoms with Gasteiger partial charge in [-0.25, -0.2) is 0 Å². The van der Waals surface area contributed by atoms with Crippen LogP contribution >= 0.6 is 11.3 Å². The Morgan fingerprint density at radius 1 is 1.40 bits per heavy atom. The second-order valence-electron chi connectivity index (χ2n) is 6.58. The summed E-state index contributed by atoms with van der Waals surface area (Å²) in [5.41, 5.74) is 1.14. The SMILES string of the molecule is CN=C(NCc1ccnn1C)NCC1CCCN(Cc2cccs2)C1. The second kappa shape index (κ2) is 9.01. The van der Waals surface area contributed by atoms with Gasteiger partial charge in [-0.3, -0.25) is 14.6 Å². The number of nitrogens with one attached hydrogen (secondary N) is 2. The molecule has 0 aromatic carbocycles. The first kappa shape index (κ1) is 17.9. The average molecular weight is 361 g/mol. The third-order valence-electron chi connectivity index (χ3n) is 4.70. The Balaban J connectivity index is 1.42. The molecule has 0 bridgehead atoms. The number of likely N-dealkylation sites (tertiary alicyclic amines) is 1. The van der Waals surface area contributed by atoms with Crippen molar-refractivity contribution < 1.29 is 0 Å². The van der Waals surface area contributed by atoms with Crippen LogP contribution in [-0.4, -0.2) is 47.3 Å². The van der Waals surface area contributed by atoms with Gasteiger partial charge in [0, 0.05) is 44.8 Å². The maximum absolute atomic E-state index is 4.33. The number of aromatic nitrogens is 2. The summed E-state index contributed by atoms with van der Waals surface area (Å²) < 4.78 is 1.88. The zero-order valence-electron chi connectivity index (χ0n) is 15.1. The average Bonchev–Trinajstić information content (AvgIpc) is 3.27. The Bertz CT molecular complexity index is 663. The van der Waals surface area contributed by atoms with Gasteiger partial charge in [-0.05, 0) is 42.8 Å². The lowest BCUT2D eigenvalue weighted by Gasteiger charge is -2.32. The molecule has 0 radical (unpaired) electrons. The van der Waals surface area contributed by atoms with E-state index >= 15 is 0 Å². The normalized spacial score (nSPS) is 19.1. The fraction of sp³-hybridized carbons (Fsp3) is 0.556.